The number of hydrogen-bond donors (Lipinski definition) is 2. The smallest absolute Gasteiger partial charge is 0.257 e. The summed E-state index contributed by atoms with van der Waals surface area (Å²) in [6.45, 7) is 7.42. The molecule has 0 radical (unpaired) electrons. The van der Waals surface area contributed by atoms with Crippen LogP contribution in [0.2, 0.25) is 0 Å². The highest BCUT2D eigenvalue weighted by Gasteiger charge is 2.08. The zero-order valence-corrected chi connectivity index (χ0v) is 13.7. The highest BCUT2D eigenvalue weighted by atomic mass is 16.1. The van der Waals surface area contributed by atoms with E-state index in [1.807, 2.05) is 26.0 Å². The van der Waals surface area contributed by atoms with Gasteiger partial charge in [-0.25, -0.2) is 9.97 Å². The van der Waals surface area contributed by atoms with Gasteiger partial charge in [-0.15, -0.1) is 0 Å². The molecule has 1 aromatic heterocycles. The van der Waals surface area contributed by atoms with Crippen LogP contribution in [0, 0.1) is 13.8 Å². The summed E-state index contributed by atoms with van der Waals surface area (Å²) in [5.74, 6) is -0.217. The van der Waals surface area contributed by atoms with E-state index in [9.17, 15) is 4.79 Å². The predicted molar refractivity (Wildman–Crippen MR) is 95.9 cm³/mol. The molecule has 1 heterocycles. The van der Waals surface area contributed by atoms with Crippen LogP contribution in [-0.4, -0.2) is 21.8 Å². The van der Waals surface area contributed by atoms with Gasteiger partial charge >= 0.3 is 0 Å². The van der Waals surface area contributed by atoms with Gasteiger partial charge in [-0.1, -0.05) is 36.9 Å². The van der Waals surface area contributed by atoms with E-state index in [1.165, 1.54) is 0 Å². The highest BCUT2D eigenvalue weighted by Crippen LogP contribution is 2.15. The third-order valence-corrected chi connectivity index (χ3v) is 3.30. The van der Waals surface area contributed by atoms with Gasteiger partial charge in [0.15, 0.2) is 0 Å². The van der Waals surface area contributed by atoms with Crippen LogP contribution >= 0.6 is 0 Å². The van der Waals surface area contributed by atoms with E-state index in [-0.39, 0.29) is 17.8 Å². The summed E-state index contributed by atoms with van der Waals surface area (Å²) < 4.78 is 0. The SMILES string of the molecule is C=C/C=C\c1nc(N=C(N)NC(=O)c2ccccc2)nc(C)c1C. The Morgan fingerprint density at radius 3 is 2.62 bits per heavy atom. The monoisotopic (exact) mass is 321 g/mol. The van der Waals surface area contributed by atoms with Crippen molar-refractivity contribution in [1.29, 1.82) is 0 Å². The van der Waals surface area contributed by atoms with E-state index in [1.54, 1.807) is 36.4 Å². The minimum Gasteiger partial charge on any atom is -0.369 e. The van der Waals surface area contributed by atoms with Crippen molar-refractivity contribution in [2.75, 3.05) is 0 Å². The van der Waals surface area contributed by atoms with E-state index in [0.717, 1.165) is 17.0 Å². The third-order valence-electron chi connectivity index (χ3n) is 3.30. The molecule has 0 aliphatic heterocycles. The number of hydrogen-bond acceptors (Lipinski definition) is 4. The molecule has 0 saturated carbocycles. The first-order valence-electron chi connectivity index (χ1n) is 7.36. The molecule has 122 valence electrons. The zero-order valence-electron chi connectivity index (χ0n) is 13.7. The number of aryl methyl sites for hydroxylation is 1. The Hall–Kier alpha value is -3.28. The minimum atomic E-state index is -0.340. The fourth-order valence-electron chi connectivity index (χ4n) is 1.92. The van der Waals surface area contributed by atoms with Gasteiger partial charge in [0.2, 0.25) is 5.96 Å². The van der Waals surface area contributed by atoms with Crippen molar-refractivity contribution < 1.29 is 4.79 Å². The summed E-state index contributed by atoms with van der Waals surface area (Å²) in [6, 6.07) is 8.75. The van der Waals surface area contributed by atoms with Crippen LogP contribution in [-0.2, 0) is 0 Å². The normalized spacial score (nSPS) is 11.5. The summed E-state index contributed by atoms with van der Waals surface area (Å²) in [5.41, 5.74) is 8.73. The standard InChI is InChI=1S/C18H19N5O/c1-4-5-11-15-12(2)13(3)20-18(21-15)23-17(19)22-16(24)14-9-7-6-8-10-14/h4-11H,1H2,2-3H3,(H3,19,20,21,22,23,24)/b11-5-. The summed E-state index contributed by atoms with van der Waals surface area (Å²) in [5, 5.41) is 2.52. The number of nitrogens with zero attached hydrogens (tertiary/aromatic N) is 3. The topological polar surface area (TPSA) is 93.3 Å². The first kappa shape index (κ1) is 17.1. The summed E-state index contributed by atoms with van der Waals surface area (Å²) in [4.78, 5) is 24.7. The van der Waals surface area contributed by atoms with E-state index < -0.39 is 0 Å². The molecule has 0 unspecified atom stereocenters. The Labute approximate surface area is 140 Å². The third kappa shape index (κ3) is 4.36. The van der Waals surface area contributed by atoms with Crippen LogP contribution in [0.25, 0.3) is 6.08 Å². The van der Waals surface area contributed by atoms with Crippen LogP contribution in [0.1, 0.15) is 27.3 Å². The second-order valence-corrected chi connectivity index (χ2v) is 5.03. The van der Waals surface area contributed by atoms with Crippen molar-refractivity contribution in [1.82, 2.24) is 15.3 Å². The summed E-state index contributed by atoms with van der Waals surface area (Å²) in [7, 11) is 0. The lowest BCUT2D eigenvalue weighted by molar-refractivity contribution is 0.0976. The Balaban J connectivity index is 2.23. The molecule has 6 nitrogen and oxygen atoms in total. The molecule has 0 aliphatic rings. The number of allylic oxidation sites excluding steroid dienone is 2. The fourth-order valence-corrected chi connectivity index (χ4v) is 1.92. The van der Waals surface area contributed by atoms with Gasteiger partial charge in [-0.05, 0) is 37.6 Å². The Morgan fingerprint density at radius 1 is 1.25 bits per heavy atom. The molecule has 0 aliphatic carbocycles. The number of benzene rings is 1. The molecule has 0 saturated heterocycles. The quantitative estimate of drug-likeness (QED) is 0.514. The predicted octanol–water partition coefficient (Wildman–Crippen LogP) is 2.67. The maximum Gasteiger partial charge on any atom is 0.257 e. The molecular weight excluding hydrogens is 302 g/mol. The molecule has 1 aromatic carbocycles. The number of amides is 1. The molecule has 3 N–H and O–H groups in total. The van der Waals surface area contributed by atoms with Crippen LogP contribution < -0.4 is 11.1 Å². The van der Waals surface area contributed by atoms with Gasteiger partial charge in [-0.3, -0.25) is 10.1 Å². The van der Waals surface area contributed by atoms with Crippen LogP contribution in [0.3, 0.4) is 0 Å². The maximum absolute atomic E-state index is 12.0. The molecule has 0 bridgehead atoms. The van der Waals surface area contributed by atoms with Crippen molar-refractivity contribution in [2.24, 2.45) is 10.7 Å². The van der Waals surface area contributed by atoms with Gasteiger partial charge in [0.1, 0.15) is 0 Å². The number of nitrogens with one attached hydrogen (secondary N) is 1. The van der Waals surface area contributed by atoms with Gasteiger partial charge in [0.25, 0.3) is 11.9 Å². The van der Waals surface area contributed by atoms with Crippen LogP contribution in [0.4, 0.5) is 5.95 Å². The fraction of sp³-hybridized carbons (Fsp3) is 0.111. The lowest BCUT2D eigenvalue weighted by atomic mass is 10.2. The van der Waals surface area contributed by atoms with Crippen LogP contribution in [0.5, 0.6) is 0 Å². The largest absolute Gasteiger partial charge is 0.369 e. The van der Waals surface area contributed by atoms with Crippen molar-refractivity contribution in [3.8, 4) is 0 Å². The first-order valence-corrected chi connectivity index (χ1v) is 7.36. The average molecular weight is 321 g/mol. The lowest BCUT2D eigenvalue weighted by Gasteiger charge is -2.06. The van der Waals surface area contributed by atoms with Crippen molar-refractivity contribution in [3.63, 3.8) is 0 Å². The molecule has 6 heteroatoms. The summed E-state index contributed by atoms with van der Waals surface area (Å²) in [6.07, 6.45) is 5.26. The summed E-state index contributed by atoms with van der Waals surface area (Å²) >= 11 is 0. The Kier molecular flexibility index (Phi) is 5.57. The van der Waals surface area contributed by atoms with E-state index in [0.29, 0.717) is 5.56 Å². The molecule has 1 amide bonds. The number of rotatable bonds is 4. The zero-order chi connectivity index (χ0) is 17.5. The molecule has 2 rings (SSSR count). The number of nitrogens with two attached hydrogens (primary N) is 1. The van der Waals surface area contributed by atoms with Crippen LogP contribution in [0.15, 0.2) is 54.1 Å². The Bertz CT molecular complexity index is 810. The number of carbonyl (C=O) groups is 1. The molecular formula is C18H19N5O. The second-order valence-electron chi connectivity index (χ2n) is 5.03. The highest BCUT2D eigenvalue weighted by molar-refractivity contribution is 6.05. The maximum atomic E-state index is 12.0. The molecule has 0 fully saturated rings. The van der Waals surface area contributed by atoms with E-state index >= 15 is 0 Å². The van der Waals surface area contributed by atoms with Crippen molar-refractivity contribution >= 4 is 23.9 Å². The van der Waals surface area contributed by atoms with Gasteiger partial charge in [0, 0.05) is 11.3 Å². The van der Waals surface area contributed by atoms with E-state index in [4.69, 9.17) is 5.73 Å². The number of carbonyl (C=O) groups excluding carboxylic acids is 1. The molecule has 0 atom stereocenters. The van der Waals surface area contributed by atoms with Gasteiger partial charge < -0.3 is 5.73 Å². The Morgan fingerprint density at radius 2 is 1.96 bits per heavy atom. The number of aromatic nitrogens is 2. The lowest BCUT2D eigenvalue weighted by Crippen LogP contribution is -2.36. The van der Waals surface area contributed by atoms with E-state index in [2.05, 4.69) is 26.9 Å². The number of guanidine groups is 1. The number of aliphatic imine (C=N–C) groups is 1. The second kappa shape index (κ2) is 7.82. The minimum absolute atomic E-state index is 0.0641. The molecule has 0 spiro atoms. The van der Waals surface area contributed by atoms with Crippen molar-refractivity contribution in [2.45, 2.75) is 13.8 Å². The molecule has 24 heavy (non-hydrogen) atoms. The average Bonchev–Trinajstić information content (AvgIpc) is 2.57. The molecule has 2 aromatic rings. The van der Waals surface area contributed by atoms with Crippen molar-refractivity contribution in [3.05, 3.63) is 71.6 Å². The first-order chi connectivity index (χ1) is 11.5. The van der Waals surface area contributed by atoms with Gasteiger partial charge in [-0.2, -0.15) is 4.99 Å². The van der Waals surface area contributed by atoms with Gasteiger partial charge in [0.05, 0.1) is 5.69 Å².